The Balaban J connectivity index is 2.77. The minimum Gasteiger partial charge on any atom is -0.392 e. The molecule has 0 fully saturated rings. The molecule has 2 nitrogen and oxygen atoms in total. The highest BCUT2D eigenvalue weighted by molar-refractivity contribution is 5.19. The molecule has 1 N–H and O–H groups in total. The fraction of sp³-hybridized carbons (Fsp3) is 0.778. The molecular weight excluding hydrogens is 140 g/mol. The van der Waals surface area contributed by atoms with Gasteiger partial charge < -0.3 is 9.84 Å². The number of aliphatic hydroxyl groups excluding tert-OH is 1. The predicted octanol–water partition coefficient (Wildman–Crippen LogP) is 1.49. The van der Waals surface area contributed by atoms with Gasteiger partial charge in [0.15, 0.2) is 0 Å². The third kappa shape index (κ3) is 1.82. The molecule has 64 valence electrons. The van der Waals surface area contributed by atoms with E-state index in [0.717, 1.165) is 12.0 Å². The van der Waals surface area contributed by atoms with Gasteiger partial charge in [0.05, 0.1) is 18.8 Å². The van der Waals surface area contributed by atoms with E-state index >= 15 is 0 Å². The Bertz CT molecular complexity index is 172. The van der Waals surface area contributed by atoms with Gasteiger partial charge in [-0.05, 0) is 32.8 Å². The minimum absolute atomic E-state index is 0.101. The molecule has 1 aliphatic rings. The number of hydrogen-bond donors (Lipinski definition) is 1. The van der Waals surface area contributed by atoms with E-state index in [4.69, 9.17) is 9.84 Å². The van der Waals surface area contributed by atoms with Crippen LogP contribution in [0.1, 0.15) is 27.2 Å². The molecule has 0 aliphatic carbocycles. The summed E-state index contributed by atoms with van der Waals surface area (Å²) in [5, 5.41) is 8.98. The summed E-state index contributed by atoms with van der Waals surface area (Å²) in [5.41, 5.74) is 2.35. The maximum Gasteiger partial charge on any atom is 0.0785 e. The highest BCUT2D eigenvalue weighted by Gasteiger charge is 2.20. The smallest absolute Gasteiger partial charge is 0.0785 e. The summed E-state index contributed by atoms with van der Waals surface area (Å²) < 4.78 is 5.54. The van der Waals surface area contributed by atoms with Crippen molar-refractivity contribution in [1.29, 1.82) is 0 Å². The summed E-state index contributed by atoms with van der Waals surface area (Å²) in [7, 11) is 0. The molecule has 0 bridgehead atoms. The summed E-state index contributed by atoms with van der Waals surface area (Å²) in [6, 6.07) is 0. The van der Waals surface area contributed by atoms with Crippen molar-refractivity contribution in [2.75, 3.05) is 6.61 Å². The van der Waals surface area contributed by atoms with Gasteiger partial charge in [-0.3, -0.25) is 0 Å². The van der Waals surface area contributed by atoms with E-state index in [-0.39, 0.29) is 12.7 Å². The molecule has 0 spiro atoms. The Morgan fingerprint density at radius 2 is 2.18 bits per heavy atom. The van der Waals surface area contributed by atoms with Crippen LogP contribution in [0.5, 0.6) is 0 Å². The first-order chi connectivity index (χ1) is 5.15. The number of aliphatic hydroxyl groups is 1. The molecule has 2 heteroatoms. The van der Waals surface area contributed by atoms with Crippen LogP contribution in [0.15, 0.2) is 11.1 Å². The molecule has 0 aromatic carbocycles. The van der Waals surface area contributed by atoms with Crippen molar-refractivity contribution in [1.82, 2.24) is 0 Å². The third-order valence-corrected chi connectivity index (χ3v) is 2.24. The van der Waals surface area contributed by atoms with Gasteiger partial charge in [-0.1, -0.05) is 5.57 Å². The lowest BCUT2D eigenvalue weighted by Crippen LogP contribution is -2.27. The molecule has 0 aromatic heterocycles. The quantitative estimate of drug-likeness (QED) is 0.583. The predicted molar refractivity (Wildman–Crippen MR) is 44.4 cm³/mol. The molecule has 0 aromatic rings. The molecule has 1 heterocycles. The first-order valence-corrected chi connectivity index (χ1v) is 4.10. The Morgan fingerprint density at radius 3 is 2.64 bits per heavy atom. The van der Waals surface area contributed by atoms with Crippen molar-refractivity contribution in [3.05, 3.63) is 11.1 Å². The van der Waals surface area contributed by atoms with E-state index < -0.39 is 0 Å². The topological polar surface area (TPSA) is 29.5 Å². The largest absolute Gasteiger partial charge is 0.392 e. The zero-order valence-electron chi connectivity index (χ0n) is 7.42. The molecule has 0 amide bonds. The molecule has 0 saturated heterocycles. The second kappa shape index (κ2) is 3.37. The zero-order chi connectivity index (χ0) is 8.43. The van der Waals surface area contributed by atoms with Gasteiger partial charge in [0.1, 0.15) is 0 Å². The SMILES string of the molecule is CC1=C(CO)C(C)OC(C)C1. The molecule has 0 saturated carbocycles. The third-order valence-electron chi connectivity index (χ3n) is 2.24. The van der Waals surface area contributed by atoms with Crippen molar-refractivity contribution in [3.8, 4) is 0 Å². The molecule has 0 radical (unpaired) electrons. The summed E-state index contributed by atoms with van der Waals surface area (Å²) in [5.74, 6) is 0. The molecule has 1 rings (SSSR count). The van der Waals surface area contributed by atoms with Gasteiger partial charge in [0, 0.05) is 0 Å². The van der Waals surface area contributed by atoms with Gasteiger partial charge in [-0.15, -0.1) is 0 Å². The van der Waals surface area contributed by atoms with Gasteiger partial charge in [0.2, 0.25) is 0 Å². The van der Waals surface area contributed by atoms with Crippen molar-refractivity contribution in [2.24, 2.45) is 0 Å². The molecule has 2 atom stereocenters. The summed E-state index contributed by atoms with van der Waals surface area (Å²) in [6.07, 6.45) is 1.37. The average molecular weight is 156 g/mol. The van der Waals surface area contributed by atoms with Crippen LogP contribution in [0.3, 0.4) is 0 Å². The van der Waals surface area contributed by atoms with Crippen molar-refractivity contribution < 1.29 is 9.84 Å². The highest BCUT2D eigenvalue weighted by atomic mass is 16.5. The zero-order valence-corrected chi connectivity index (χ0v) is 7.42. The maximum absolute atomic E-state index is 8.98. The van der Waals surface area contributed by atoms with Crippen LogP contribution in [0.4, 0.5) is 0 Å². The average Bonchev–Trinajstić information content (AvgIpc) is 1.85. The summed E-state index contributed by atoms with van der Waals surface area (Å²) in [6.45, 7) is 6.26. The Hall–Kier alpha value is -0.340. The Labute approximate surface area is 67.9 Å². The van der Waals surface area contributed by atoms with E-state index in [9.17, 15) is 0 Å². The lowest BCUT2D eigenvalue weighted by molar-refractivity contribution is 0.0106. The highest BCUT2D eigenvalue weighted by Crippen LogP contribution is 2.24. The standard InChI is InChI=1S/C9H16O2/c1-6-4-7(2)11-8(3)9(6)5-10/h7-8,10H,4-5H2,1-3H3. The lowest BCUT2D eigenvalue weighted by Gasteiger charge is -2.28. The van der Waals surface area contributed by atoms with E-state index in [0.29, 0.717) is 6.10 Å². The lowest BCUT2D eigenvalue weighted by atomic mass is 9.97. The van der Waals surface area contributed by atoms with Gasteiger partial charge in [-0.2, -0.15) is 0 Å². The van der Waals surface area contributed by atoms with E-state index in [1.165, 1.54) is 5.57 Å². The van der Waals surface area contributed by atoms with Gasteiger partial charge >= 0.3 is 0 Å². The van der Waals surface area contributed by atoms with Crippen LogP contribution >= 0.6 is 0 Å². The number of hydrogen-bond acceptors (Lipinski definition) is 2. The number of rotatable bonds is 1. The fourth-order valence-corrected chi connectivity index (χ4v) is 1.65. The van der Waals surface area contributed by atoms with Gasteiger partial charge in [-0.25, -0.2) is 0 Å². The fourth-order valence-electron chi connectivity index (χ4n) is 1.65. The number of ether oxygens (including phenoxy) is 1. The molecular formula is C9H16O2. The molecule has 1 aliphatic heterocycles. The Kier molecular flexibility index (Phi) is 2.68. The van der Waals surface area contributed by atoms with Crippen molar-refractivity contribution >= 4 is 0 Å². The van der Waals surface area contributed by atoms with Crippen LogP contribution in [0, 0.1) is 0 Å². The van der Waals surface area contributed by atoms with Crippen LogP contribution in [0.25, 0.3) is 0 Å². The maximum atomic E-state index is 8.98. The summed E-state index contributed by atoms with van der Waals surface area (Å²) in [4.78, 5) is 0. The Morgan fingerprint density at radius 1 is 1.55 bits per heavy atom. The molecule has 11 heavy (non-hydrogen) atoms. The monoisotopic (exact) mass is 156 g/mol. The van der Waals surface area contributed by atoms with E-state index in [1.54, 1.807) is 0 Å². The second-order valence-electron chi connectivity index (χ2n) is 3.26. The van der Waals surface area contributed by atoms with Gasteiger partial charge in [0.25, 0.3) is 0 Å². The normalized spacial score (nSPS) is 32.7. The van der Waals surface area contributed by atoms with E-state index in [2.05, 4.69) is 13.8 Å². The van der Waals surface area contributed by atoms with Crippen LogP contribution in [-0.2, 0) is 4.74 Å². The van der Waals surface area contributed by atoms with Crippen LogP contribution in [0.2, 0.25) is 0 Å². The van der Waals surface area contributed by atoms with Crippen LogP contribution < -0.4 is 0 Å². The first kappa shape index (κ1) is 8.75. The minimum atomic E-state index is 0.101. The van der Waals surface area contributed by atoms with Crippen molar-refractivity contribution in [2.45, 2.75) is 39.4 Å². The van der Waals surface area contributed by atoms with Crippen molar-refractivity contribution in [3.63, 3.8) is 0 Å². The first-order valence-electron chi connectivity index (χ1n) is 4.10. The summed E-state index contributed by atoms with van der Waals surface area (Å²) >= 11 is 0. The van der Waals surface area contributed by atoms with E-state index in [1.807, 2.05) is 6.92 Å². The second-order valence-corrected chi connectivity index (χ2v) is 3.26. The molecule has 2 unspecified atom stereocenters. The van der Waals surface area contributed by atoms with Crippen LogP contribution in [-0.4, -0.2) is 23.9 Å².